The van der Waals surface area contributed by atoms with Crippen molar-refractivity contribution in [2.24, 2.45) is 0 Å². The zero-order valence-corrected chi connectivity index (χ0v) is 10.5. The first-order chi connectivity index (χ1) is 7.13. The number of benzene rings is 1. The molecule has 1 aromatic rings. The van der Waals surface area contributed by atoms with Crippen molar-refractivity contribution < 1.29 is 13.9 Å². The zero-order valence-electron chi connectivity index (χ0n) is 8.07. The smallest absolute Gasteiger partial charge is 0.351 e. The SMILES string of the molecule is CCOC(=O)C(F)Sc1cccc(Br)c1. The van der Waals surface area contributed by atoms with E-state index in [9.17, 15) is 9.18 Å². The van der Waals surface area contributed by atoms with E-state index in [2.05, 4.69) is 20.7 Å². The molecular weight excluding hydrogens is 283 g/mol. The van der Waals surface area contributed by atoms with Crippen LogP contribution in [0.4, 0.5) is 4.39 Å². The van der Waals surface area contributed by atoms with Gasteiger partial charge in [0.2, 0.25) is 5.50 Å². The summed E-state index contributed by atoms with van der Waals surface area (Å²) in [4.78, 5) is 11.7. The second-order valence-electron chi connectivity index (χ2n) is 2.64. The van der Waals surface area contributed by atoms with Crippen LogP contribution in [-0.4, -0.2) is 18.1 Å². The Morgan fingerprint density at radius 1 is 1.67 bits per heavy atom. The van der Waals surface area contributed by atoms with Crippen LogP contribution < -0.4 is 0 Å². The summed E-state index contributed by atoms with van der Waals surface area (Å²) in [5, 5.41) is 0. The highest BCUT2D eigenvalue weighted by Gasteiger charge is 2.19. The van der Waals surface area contributed by atoms with Crippen LogP contribution in [0.1, 0.15) is 6.92 Å². The predicted octanol–water partition coefficient (Wildman–Crippen LogP) is 3.40. The van der Waals surface area contributed by atoms with Gasteiger partial charge in [-0.25, -0.2) is 9.18 Å². The molecule has 0 saturated carbocycles. The van der Waals surface area contributed by atoms with E-state index in [0.717, 1.165) is 16.2 Å². The zero-order chi connectivity index (χ0) is 11.3. The van der Waals surface area contributed by atoms with Crippen molar-refractivity contribution in [3.63, 3.8) is 0 Å². The van der Waals surface area contributed by atoms with Crippen molar-refractivity contribution in [3.05, 3.63) is 28.7 Å². The Morgan fingerprint density at radius 2 is 2.40 bits per heavy atom. The number of hydrogen-bond acceptors (Lipinski definition) is 3. The Kier molecular flexibility index (Phi) is 5.11. The molecule has 1 atom stereocenters. The number of esters is 1. The number of carbonyl (C=O) groups is 1. The van der Waals surface area contributed by atoms with E-state index in [0.29, 0.717) is 4.90 Å². The van der Waals surface area contributed by atoms with Crippen LogP contribution in [0.2, 0.25) is 0 Å². The minimum Gasteiger partial charge on any atom is -0.463 e. The van der Waals surface area contributed by atoms with E-state index in [1.54, 1.807) is 25.1 Å². The molecule has 2 nitrogen and oxygen atoms in total. The Hall–Kier alpha value is -0.550. The van der Waals surface area contributed by atoms with E-state index in [4.69, 9.17) is 0 Å². The van der Waals surface area contributed by atoms with Gasteiger partial charge in [0.1, 0.15) is 0 Å². The maximum Gasteiger partial charge on any atom is 0.351 e. The molecule has 1 unspecified atom stereocenters. The van der Waals surface area contributed by atoms with E-state index in [1.807, 2.05) is 6.07 Å². The second kappa shape index (κ2) is 6.12. The number of carbonyl (C=O) groups excluding carboxylic acids is 1. The third-order valence-electron chi connectivity index (χ3n) is 1.51. The van der Waals surface area contributed by atoms with Gasteiger partial charge >= 0.3 is 5.97 Å². The molecule has 1 rings (SSSR count). The number of hydrogen-bond donors (Lipinski definition) is 0. The molecule has 15 heavy (non-hydrogen) atoms. The standard InChI is InChI=1S/C10H10BrFO2S/c1-2-14-10(13)9(12)15-8-5-3-4-7(11)6-8/h3-6,9H,2H2,1H3. The molecule has 0 heterocycles. The summed E-state index contributed by atoms with van der Waals surface area (Å²) in [6.07, 6.45) is 0. The molecule has 0 bridgehead atoms. The molecule has 1 aromatic carbocycles. The Labute approximate surface area is 100 Å². The number of rotatable bonds is 4. The second-order valence-corrected chi connectivity index (χ2v) is 4.68. The third-order valence-corrected chi connectivity index (χ3v) is 2.93. The van der Waals surface area contributed by atoms with E-state index in [1.165, 1.54) is 0 Å². The number of thioether (sulfide) groups is 1. The molecular formula is C10H10BrFO2S. The fourth-order valence-corrected chi connectivity index (χ4v) is 2.22. The highest BCUT2D eigenvalue weighted by atomic mass is 79.9. The minimum atomic E-state index is -1.67. The molecule has 0 spiro atoms. The summed E-state index contributed by atoms with van der Waals surface area (Å²) in [5.74, 6) is -0.831. The lowest BCUT2D eigenvalue weighted by Gasteiger charge is -2.07. The first kappa shape index (κ1) is 12.5. The monoisotopic (exact) mass is 292 g/mol. The highest BCUT2D eigenvalue weighted by molar-refractivity contribution is 9.10. The maximum atomic E-state index is 13.3. The van der Waals surface area contributed by atoms with Crippen molar-refractivity contribution in [2.45, 2.75) is 17.3 Å². The maximum absolute atomic E-state index is 13.3. The van der Waals surface area contributed by atoms with E-state index in [-0.39, 0.29) is 6.61 Å². The molecule has 0 N–H and O–H groups in total. The highest BCUT2D eigenvalue weighted by Crippen LogP contribution is 2.27. The van der Waals surface area contributed by atoms with Gasteiger partial charge in [0.25, 0.3) is 0 Å². The Bertz CT molecular complexity index is 346. The average molecular weight is 293 g/mol. The normalized spacial score (nSPS) is 12.2. The van der Waals surface area contributed by atoms with Crippen LogP contribution >= 0.6 is 27.7 Å². The van der Waals surface area contributed by atoms with E-state index >= 15 is 0 Å². The molecule has 0 radical (unpaired) electrons. The lowest BCUT2D eigenvalue weighted by Crippen LogP contribution is -2.15. The summed E-state index contributed by atoms with van der Waals surface area (Å²) < 4.78 is 18.7. The summed E-state index contributed by atoms with van der Waals surface area (Å²) in [7, 11) is 0. The van der Waals surface area contributed by atoms with Crippen molar-refractivity contribution in [1.82, 2.24) is 0 Å². The van der Waals surface area contributed by atoms with Crippen molar-refractivity contribution in [1.29, 1.82) is 0 Å². The topological polar surface area (TPSA) is 26.3 Å². The lowest BCUT2D eigenvalue weighted by molar-refractivity contribution is -0.145. The lowest BCUT2D eigenvalue weighted by atomic mass is 10.4. The van der Waals surface area contributed by atoms with Gasteiger partial charge in [-0.15, -0.1) is 0 Å². The molecule has 0 amide bonds. The Balaban J connectivity index is 2.58. The Morgan fingerprint density at radius 3 is 3.00 bits per heavy atom. The molecule has 0 fully saturated rings. The number of halogens is 2. The van der Waals surface area contributed by atoms with Crippen LogP contribution in [0, 0.1) is 0 Å². The summed E-state index contributed by atoms with van der Waals surface area (Å²) in [6, 6.07) is 7.10. The fraction of sp³-hybridized carbons (Fsp3) is 0.300. The van der Waals surface area contributed by atoms with Crippen molar-refractivity contribution in [2.75, 3.05) is 6.61 Å². The van der Waals surface area contributed by atoms with Gasteiger partial charge in [0.15, 0.2) is 0 Å². The molecule has 0 aliphatic heterocycles. The minimum absolute atomic E-state index is 0.193. The molecule has 0 aliphatic rings. The van der Waals surface area contributed by atoms with Crippen LogP contribution in [0.15, 0.2) is 33.6 Å². The van der Waals surface area contributed by atoms with Crippen molar-refractivity contribution >= 4 is 33.7 Å². The van der Waals surface area contributed by atoms with Crippen LogP contribution in [0.3, 0.4) is 0 Å². The molecule has 0 aromatic heterocycles. The van der Waals surface area contributed by atoms with Crippen LogP contribution in [-0.2, 0) is 9.53 Å². The van der Waals surface area contributed by atoms with Crippen LogP contribution in [0.5, 0.6) is 0 Å². The molecule has 0 saturated heterocycles. The molecule has 5 heteroatoms. The third kappa shape index (κ3) is 4.22. The summed E-state index contributed by atoms with van der Waals surface area (Å²) >= 11 is 4.10. The fourth-order valence-electron chi connectivity index (χ4n) is 0.916. The summed E-state index contributed by atoms with van der Waals surface area (Å²) in [5.41, 5.74) is -1.67. The quantitative estimate of drug-likeness (QED) is 0.628. The van der Waals surface area contributed by atoms with Crippen LogP contribution in [0.25, 0.3) is 0 Å². The van der Waals surface area contributed by atoms with Gasteiger partial charge in [-0.2, -0.15) is 0 Å². The van der Waals surface area contributed by atoms with Gasteiger partial charge in [-0.3, -0.25) is 0 Å². The largest absolute Gasteiger partial charge is 0.463 e. The first-order valence-corrected chi connectivity index (χ1v) is 6.03. The molecule has 82 valence electrons. The summed E-state index contributed by atoms with van der Waals surface area (Å²) in [6.45, 7) is 1.84. The molecule has 0 aliphatic carbocycles. The van der Waals surface area contributed by atoms with Gasteiger partial charge in [-0.1, -0.05) is 33.8 Å². The van der Waals surface area contributed by atoms with Gasteiger partial charge in [0.05, 0.1) is 6.61 Å². The van der Waals surface area contributed by atoms with Crippen molar-refractivity contribution in [3.8, 4) is 0 Å². The van der Waals surface area contributed by atoms with Gasteiger partial charge in [0, 0.05) is 9.37 Å². The number of alkyl halides is 1. The average Bonchev–Trinajstić information content (AvgIpc) is 2.18. The van der Waals surface area contributed by atoms with E-state index < -0.39 is 11.5 Å². The number of ether oxygens (including phenoxy) is 1. The first-order valence-electron chi connectivity index (χ1n) is 4.36. The van der Waals surface area contributed by atoms with Gasteiger partial charge in [-0.05, 0) is 25.1 Å². The van der Waals surface area contributed by atoms with Gasteiger partial charge < -0.3 is 4.74 Å². The predicted molar refractivity (Wildman–Crippen MR) is 61.5 cm³/mol.